The monoisotopic (exact) mass is 366 g/mol. The minimum Gasteiger partial charge on any atom is -0.485 e. The van der Waals surface area contributed by atoms with E-state index in [9.17, 15) is 4.79 Å². The summed E-state index contributed by atoms with van der Waals surface area (Å²) in [6, 6.07) is 15.6. The zero-order chi connectivity index (χ0) is 17.5. The van der Waals surface area contributed by atoms with E-state index >= 15 is 0 Å². The van der Waals surface area contributed by atoms with Crippen LogP contribution in [0.15, 0.2) is 48.5 Å². The van der Waals surface area contributed by atoms with Gasteiger partial charge in [-0.1, -0.05) is 24.3 Å². The lowest BCUT2D eigenvalue weighted by Crippen LogP contribution is -2.46. The Hall–Kier alpha value is -2.60. The van der Waals surface area contributed by atoms with Gasteiger partial charge >= 0.3 is 0 Å². The molecule has 0 saturated carbocycles. The number of nitrogens with zero attached hydrogens (tertiary/aromatic N) is 2. The second kappa shape index (κ2) is 6.29. The molecule has 1 saturated heterocycles. The third-order valence-corrected chi connectivity index (χ3v) is 6.05. The van der Waals surface area contributed by atoms with Gasteiger partial charge in [-0.2, -0.15) is 0 Å². The summed E-state index contributed by atoms with van der Waals surface area (Å²) >= 11 is 1.67. The fraction of sp³-hybridized carbons (Fsp3) is 0.300. The molecular formula is C20H18N2O3S. The summed E-state index contributed by atoms with van der Waals surface area (Å²) in [5.74, 6) is 1.31. The fourth-order valence-corrected chi connectivity index (χ4v) is 4.76. The molecule has 2 aliphatic heterocycles. The molecule has 1 fully saturated rings. The number of carbonyl (C=O) groups excluding carboxylic acids is 1. The first kappa shape index (κ1) is 15.6. The number of aromatic nitrogens is 1. The summed E-state index contributed by atoms with van der Waals surface area (Å²) < 4.78 is 12.8. The average molecular weight is 366 g/mol. The lowest BCUT2D eigenvalue weighted by atomic mass is 10.2. The molecule has 2 aromatic carbocycles. The van der Waals surface area contributed by atoms with Crippen molar-refractivity contribution in [3.8, 4) is 11.5 Å². The van der Waals surface area contributed by atoms with Crippen molar-refractivity contribution in [1.29, 1.82) is 0 Å². The van der Waals surface area contributed by atoms with Gasteiger partial charge in [0.1, 0.15) is 11.6 Å². The number of fused-ring (bicyclic) bond motifs is 2. The van der Waals surface area contributed by atoms with Crippen molar-refractivity contribution in [2.45, 2.75) is 25.0 Å². The summed E-state index contributed by atoms with van der Waals surface area (Å²) in [6.07, 6.45) is 1.33. The number of para-hydroxylation sites is 3. The van der Waals surface area contributed by atoms with E-state index in [2.05, 4.69) is 6.07 Å². The molecule has 0 spiro atoms. The van der Waals surface area contributed by atoms with Crippen molar-refractivity contribution in [1.82, 2.24) is 9.88 Å². The normalized spacial score (nSPS) is 21.9. The molecular weight excluding hydrogens is 348 g/mol. The van der Waals surface area contributed by atoms with E-state index in [-0.39, 0.29) is 18.6 Å². The molecule has 0 aliphatic carbocycles. The van der Waals surface area contributed by atoms with Crippen LogP contribution in [-0.4, -0.2) is 35.0 Å². The van der Waals surface area contributed by atoms with E-state index in [4.69, 9.17) is 14.5 Å². The Labute approximate surface area is 155 Å². The highest BCUT2D eigenvalue weighted by Gasteiger charge is 2.38. The van der Waals surface area contributed by atoms with Crippen molar-refractivity contribution >= 4 is 27.5 Å². The van der Waals surface area contributed by atoms with Crippen LogP contribution in [0.25, 0.3) is 10.2 Å². The fourth-order valence-electron chi connectivity index (χ4n) is 3.65. The van der Waals surface area contributed by atoms with E-state index in [1.807, 2.05) is 47.4 Å². The zero-order valence-electron chi connectivity index (χ0n) is 14.1. The largest absolute Gasteiger partial charge is 0.485 e. The van der Waals surface area contributed by atoms with Crippen LogP contribution < -0.4 is 9.47 Å². The van der Waals surface area contributed by atoms with Crippen LogP contribution in [-0.2, 0) is 4.79 Å². The van der Waals surface area contributed by atoms with Gasteiger partial charge in [0.15, 0.2) is 11.5 Å². The number of hydrogen-bond donors (Lipinski definition) is 0. The molecule has 0 radical (unpaired) electrons. The van der Waals surface area contributed by atoms with Crippen molar-refractivity contribution in [2.24, 2.45) is 0 Å². The van der Waals surface area contributed by atoms with E-state index < -0.39 is 6.10 Å². The SMILES string of the molecule is O=C([C@H]1COc2ccccc2O1)N1CCC[C@@H]1c1nc2ccccc2s1. The molecule has 0 bridgehead atoms. The summed E-state index contributed by atoms with van der Waals surface area (Å²) in [4.78, 5) is 19.8. The number of carbonyl (C=O) groups is 1. The number of amides is 1. The minimum absolute atomic E-state index is 0.0127. The first-order valence-electron chi connectivity index (χ1n) is 8.84. The predicted molar refractivity (Wildman–Crippen MR) is 99.7 cm³/mol. The molecule has 1 amide bonds. The Balaban J connectivity index is 1.39. The van der Waals surface area contributed by atoms with Gasteiger partial charge in [-0.3, -0.25) is 4.79 Å². The van der Waals surface area contributed by atoms with Gasteiger partial charge in [-0.25, -0.2) is 4.98 Å². The van der Waals surface area contributed by atoms with Crippen LogP contribution in [0.2, 0.25) is 0 Å². The summed E-state index contributed by atoms with van der Waals surface area (Å²) in [6.45, 7) is 0.986. The highest BCUT2D eigenvalue weighted by Crippen LogP contribution is 2.38. The highest BCUT2D eigenvalue weighted by molar-refractivity contribution is 7.18. The first-order valence-corrected chi connectivity index (χ1v) is 9.66. The van der Waals surface area contributed by atoms with Crippen LogP contribution in [0.1, 0.15) is 23.9 Å². The van der Waals surface area contributed by atoms with Crippen LogP contribution in [0.3, 0.4) is 0 Å². The summed E-state index contributed by atoms with van der Waals surface area (Å²) in [5.41, 5.74) is 0.998. The maximum absolute atomic E-state index is 13.1. The summed E-state index contributed by atoms with van der Waals surface area (Å²) in [7, 11) is 0. The molecule has 2 atom stereocenters. The molecule has 132 valence electrons. The Morgan fingerprint density at radius 3 is 2.81 bits per heavy atom. The van der Waals surface area contributed by atoms with Gasteiger partial charge in [0.2, 0.25) is 6.10 Å². The molecule has 5 rings (SSSR count). The van der Waals surface area contributed by atoms with Gasteiger partial charge in [-0.15, -0.1) is 11.3 Å². The highest BCUT2D eigenvalue weighted by atomic mass is 32.1. The number of thiazole rings is 1. The molecule has 26 heavy (non-hydrogen) atoms. The molecule has 2 aliphatic rings. The predicted octanol–water partition coefficient (Wildman–Crippen LogP) is 3.80. The van der Waals surface area contributed by atoms with Crippen molar-refractivity contribution in [2.75, 3.05) is 13.2 Å². The number of likely N-dealkylation sites (tertiary alicyclic amines) is 1. The number of rotatable bonds is 2. The van der Waals surface area contributed by atoms with Crippen LogP contribution in [0.4, 0.5) is 0 Å². The van der Waals surface area contributed by atoms with Crippen LogP contribution >= 0.6 is 11.3 Å². The summed E-state index contributed by atoms with van der Waals surface area (Å²) in [5, 5.41) is 1.01. The Bertz CT molecular complexity index is 937. The molecule has 1 aromatic heterocycles. The van der Waals surface area contributed by atoms with E-state index in [1.54, 1.807) is 11.3 Å². The quantitative estimate of drug-likeness (QED) is 0.692. The number of hydrogen-bond acceptors (Lipinski definition) is 5. The standard InChI is InChI=1S/C20H18N2O3S/c23-20(17-12-24-15-8-2-3-9-16(15)25-17)22-11-5-7-14(22)19-21-13-6-1-4-10-18(13)26-19/h1-4,6,8-10,14,17H,5,7,11-12H2/t14-,17-/m1/s1. The van der Waals surface area contributed by atoms with Gasteiger partial charge in [0.25, 0.3) is 5.91 Å². The molecule has 3 aromatic rings. The third kappa shape index (κ3) is 2.61. The Kier molecular flexibility index (Phi) is 3.78. The lowest BCUT2D eigenvalue weighted by molar-refractivity contribution is -0.142. The molecule has 0 unspecified atom stereocenters. The van der Waals surface area contributed by atoms with Crippen molar-refractivity contribution in [3.63, 3.8) is 0 Å². The van der Waals surface area contributed by atoms with E-state index in [0.717, 1.165) is 34.6 Å². The minimum atomic E-state index is -0.597. The first-order chi connectivity index (χ1) is 12.8. The van der Waals surface area contributed by atoms with Crippen LogP contribution in [0.5, 0.6) is 11.5 Å². The molecule has 3 heterocycles. The zero-order valence-corrected chi connectivity index (χ0v) is 14.9. The van der Waals surface area contributed by atoms with Crippen molar-refractivity contribution in [3.05, 3.63) is 53.5 Å². The van der Waals surface area contributed by atoms with Gasteiger partial charge in [-0.05, 0) is 37.1 Å². The maximum Gasteiger partial charge on any atom is 0.267 e. The molecule has 5 nitrogen and oxygen atoms in total. The van der Waals surface area contributed by atoms with Gasteiger partial charge in [0.05, 0.1) is 16.3 Å². The maximum atomic E-state index is 13.1. The van der Waals surface area contributed by atoms with Crippen LogP contribution in [0, 0.1) is 0 Å². The Morgan fingerprint density at radius 2 is 1.92 bits per heavy atom. The second-order valence-corrected chi connectivity index (χ2v) is 7.64. The van der Waals surface area contributed by atoms with Crippen molar-refractivity contribution < 1.29 is 14.3 Å². The number of ether oxygens (including phenoxy) is 2. The molecule has 0 N–H and O–H groups in total. The smallest absolute Gasteiger partial charge is 0.267 e. The third-order valence-electron chi connectivity index (χ3n) is 4.92. The average Bonchev–Trinajstić information content (AvgIpc) is 3.33. The van der Waals surface area contributed by atoms with Gasteiger partial charge < -0.3 is 14.4 Å². The second-order valence-electron chi connectivity index (χ2n) is 6.57. The van der Waals surface area contributed by atoms with Gasteiger partial charge in [0, 0.05) is 6.54 Å². The topological polar surface area (TPSA) is 51.7 Å². The van der Waals surface area contributed by atoms with E-state index in [0.29, 0.717) is 11.5 Å². The van der Waals surface area contributed by atoms with E-state index in [1.165, 1.54) is 0 Å². The Morgan fingerprint density at radius 1 is 1.12 bits per heavy atom. The number of benzene rings is 2. The lowest BCUT2D eigenvalue weighted by Gasteiger charge is -2.31. The molecule has 6 heteroatoms.